The first kappa shape index (κ1) is 21.6. The Kier molecular flexibility index (Phi) is 6.01. The third-order valence-electron chi connectivity index (χ3n) is 5.05. The fourth-order valence-electron chi connectivity index (χ4n) is 3.43. The van der Waals surface area contributed by atoms with Gasteiger partial charge in [0.05, 0.1) is 6.07 Å². The van der Waals surface area contributed by atoms with Gasteiger partial charge in [0.25, 0.3) is 5.97 Å². The summed E-state index contributed by atoms with van der Waals surface area (Å²) in [6.45, 7) is 0. The molecule has 2 aliphatic rings. The van der Waals surface area contributed by atoms with E-state index in [4.69, 9.17) is 4.42 Å². The van der Waals surface area contributed by atoms with Gasteiger partial charge in [-0.1, -0.05) is 17.7 Å². The Bertz CT molecular complexity index is 1270. The number of hydrogen-bond donors (Lipinski definition) is 1. The summed E-state index contributed by atoms with van der Waals surface area (Å²) < 4.78 is 8.32. The molecule has 5 nitrogen and oxygen atoms in total. The first-order chi connectivity index (χ1) is 13.8. The maximum Gasteiger partial charge on any atom is 0.292 e. The molecule has 4 rings (SSSR count). The van der Waals surface area contributed by atoms with E-state index >= 15 is 0 Å². The molecule has 2 aromatic rings. The molecule has 2 aromatic carbocycles. The van der Waals surface area contributed by atoms with Crippen LogP contribution in [-0.4, -0.2) is 39.3 Å². The minimum absolute atomic E-state index is 0. The zero-order valence-corrected chi connectivity index (χ0v) is 18.2. The first-order valence-corrected chi connectivity index (χ1v) is 9.29. The minimum atomic E-state index is -0.961. The summed E-state index contributed by atoms with van der Waals surface area (Å²) >= 11 is 0. The van der Waals surface area contributed by atoms with E-state index in [9.17, 15) is 9.90 Å². The van der Waals surface area contributed by atoms with Crippen LogP contribution in [0.3, 0.4) is 0 Å². The molecular weight excluding hydrogens is 423 g/mol. The van der Waals surface area contributed by atoms with Gasteiger partial charge in [0, 0.05) is 48.7 Å². The Balaban J connectivity index is 0.00000256. The number of nitrogens with zero attached hydrogens (tertiary/aromatic N) is 2. The maximum absolute atomic E-state index is 11.2. The van der Waals surface area contributed by atoms with Crippen molar-refractivity contribution < 1.29 is 31.1 Å². The number of carboxylic acids is 1. The Labute approximate surface area is 185 Å². The summed E-state index contributed by atoms with van der Waals surface area (Å²) in [5.41, 5.74) is 4.79. The molecule has 0 atom stereocenters. The number of fused-ring (bicyclic) bond motifs is 2. The van der Waals surface area contributed by atoms with Crippen molar-refractivity contribution in [1.29, 1.82) is 0 Å². The predicted molar refractivity (Wildman–Crippen MR) is 116 cm³/mol. The molecule has 1 aliphatic carbocycles. The summed E-state index contributed by atoms with van der Waals surface area (Å²) in [7, 11) is 7.97. The Morgan fingerprint density at radius 3 is 2.43 bits per heavy atom. The van der Waals surface area contributed by atoms with E-state index in [-0.39, 0.29) is 22.3 Å². The van der Waals surface area contributed by atoms with Gasteiger partial charge in [-0.15, -0.1) is 29.8 Å². The third-order valence-corrected chi connectivity index (χ3v) is 5.05. The van der Waals surface area contributed by atoms with Crippen LogP contribution >= 0.6 is 0 Å². The molecule has 30 heavy (non-hydrogen) atoms. The van der Waals surface area contributed by atoms with E-state index in [1.54, 1.807) is 12.1 Å². The standard InChI is InChI=1S/C24H22N2O3.Co/c1-25(2)17-9-11-19-21(13-17)29-22-14-18(26(3)4)10-12-20(22)23(19)15-5-7-16(8-6-15)24(27)28;/h5,7-14H,1-4H3,(H,27,28);. The van der Waals surface area contributed by atoms with Crippen molar-refractivity contribution in [2.75, 3.05) is 33.1 Å². The first-order valence-electron chi connectivity index (χ1n) is 9.29. The van der Waals surface area contributed by atoms with Crippen LogP contribution in [0, 0.1) is 6.07 Å². The van der Waals surface area contributed by atoms with Crippen LogP contribution in [0.1, 0.15) is 10.4 Å². The second kappa shape index (κ2) is 8.34. The topological polar surface area (TPSA) is 56.7 Å². The molecule has 0 fully saturated rings. The number of hydrogen-bond acceptors (Lipinski definition) is 3. The van der Waals surface area contributed by atoms with Crippen LogP contribution < -0.4 is 14.8 Å². The molecule has 0 saturated carbocycles. The van der Waals surface area contributed by atoms with Crippen molar-refractivity contribution in [3.8, 4) is 22.5 Å². The zero-order chi connectivity index (χ0) is 20.7. The van der Waals surface area contributed by atoms with Gasteiger partial charge in [0.15, 0.2) is 0 Å². The molecule has 155 valence electrons. The Morgan fingerprint density at radius 1 is 1.07 bits per heavy atom. The second-order valence-corrected chi connectivity index (χ2v) is 7.42. The maximum atomic E-state index is 11.2. The van der Waals surface area contributed by atoms with Crippen molar-refractivity contribution in [3.05, 3.63) is 71.6 Å². The molecule has 1 heterocycles. The zero-order valence-electron chi connectivity index (χ0n) is 17.2. The van der Waals surface area contributed by atoms with Gasteiger partial charge in [-0.2, -0.15) is 0 Å². The average molecular weight is 445 g/mol. The molecular formula is C24H22CoN2O3. The van der Waals surface area contributed by atoms with Crippen molar-refractivity contribution in [2.45, 2.75) is 0 Å². The largest absolute Gasteiger partial charge is 0.485 e. The number of aromatic carboxylic acids is 1. The van der Waals surface area contributed by atoms with Crippen molar-refractivity contribution >= 4 is 22.6 Å². The molecule has 6 heteroatoms. The number of rotatable bonds is 3. The van der Waals surface area contributed by atoms with Crippen LogP contribution in [0.2, 0.25) is 0 Å². The van der Waals surface area contributed by atoms with Gasteiger partial charge < -0.3 is 14.4 Å². The van der Waals surface area contributed by atoms with E-state index in [0.29, 0.717) is 0 Å². The van der Waals surface area contributed by atoms with Gasteiger partial charge in [-0.05, 0) is 22.6 Å². The summed E-state index contributed by atoms with van der Waals surface area (Å²) in [4.78, 5) is 13.3. The van der Waals surface area contributed by atoms with Gasteiger partial charge in [0.1, 0.15) is 25.4 Å². The number of carboxylic acid groups (broad SMARTS) is 1. The smallest absolute Gasteiger partial charge is 0.292 e. The van der Waals surface area contributed by atoms with Crippen LogP contribution in [0.25, 0.3) is 33.4 Å². The molecule has 0 saturated heterocycles. The van der Waals surface area contributed by atoms with E-state index in [1.165, 1.54) is 6.07 Å². The van der Waals surface area contributed by atoms with Gasteiger partial charge in [0.2, 0.25) is 5.36 Å². The molecule has 0 amide bonds. The van der Waals surface area contributed by atoms with Gasteiger partial charge in [-0.25, -0.2) is 4.58 Å². The fourth-order valence-corrected chi connectivity index (χ4v) is 3.43. The van der Waals surface area contributed by atoms with E-state index in [0.717, 1.165) is 44.5 Å². The average Bonchev–Trinajstić information content (AvgIpc) is 2.71. The summed E-state index contributed by atoms with van der Waals surface area (Å²) in [5.74, 6) is -0.192. The molecule has 0 spiro atoms. The van der Waals surface area contributed by atoms with E-state index < -0.39 is 5.97 Å². The predicted octanol–water partition coefficient (Wildman–Crippen LogP) is 3.80. The molecule has 1 aliphatic heterocycles. The van der Waals surface area contributed by atoms with Crippen LogP contribution in [0.4, 0.5) is 5.69 Å². The normalized spacial score (nSPS) is 10.7. The van der Waals surface area contributed by atoms with Crippen molar-refractivity contribution in [3.63, 3.8) is 0 Å². The summed E-state index contributed by atoms with van der Waals surface area (Å²) in [6.07, 6.45) is 0. The second-order valence-electron chi connectivity index (χ2n) is 7.42. The number of carbonyl (C=O) groups is 1. The summed E-state index contributed by atoms with van der Waals surface area (Å²) in [6, 6.07) is 20.3. The Hall–Kier alpha value is -3.09. The molecule has 0 bridgehead atoms. The molecule has 1 radical (unpaired) electrons. The summed E-state index contributed by atoms with van der Waals surface area (Å²) in [5, 5.41) is 11.2. The minimum Gasteiger partial charge on any atom is -0.485 e. The molecule has 1 N–H and O–H groups in total. The van der Waals surface area contributed by atoms with Gasteiger partial charge in [-0.3, -0.25) is 4.79 Å². The fraction of sp³-hybridized carbons (Fsp3) is 0.167. The Morgan fingerprint density at radius 2 is 1.83 bits per heavy atom. The van der Waals surface area contributed by atoms with Crippen molar-refractivity contribution in [2.24, 2.45) is 0 Å². The van der Waals surface area contributed by atoms with Crippen molar-refractivity contribution in [1.82, 2.24) is 4.58 Å². The van der Waals surface area contributed by atoms with Crippen LogP contribution in [-0.2, 0) is 16.8 Å². The number of anilines is 1. The molecule has 0 unspecified atom stereocenters. The van der Waals surface area contributed by atoms with Crippen LogP contribution in [0.5, 0.6) is 0 Å². The quantitative estimate of drug-likeness (QED) is 0.296. The third kappa shape index (κ3) is 3.84. The van der Waals surface area contributed by atoms with E-state index in [1.807, 2.05) is 74.1 Å². The SMILES string of the molecule is CN(C)c1ccc2c(-c3[c-]cc(C(=O)O)cc3)c3ccc(=[N+](C)C)cc-3oc2c1.[Co]. The molecule has 0 aromatic heterocycles. The van der Waals surface area contributed by atoms with Gasteiger partial charge >= 0.3 is 0 Å². The van der Waals surface area contributed by atoms with Crippen LogP contribution in [0.15, 0.2) is 59.0 Å². The van der Waals surface area contributed by atoms with E-state index in [2.05, 4.69) is 6.07 Å². The number of benzene rings is 3. The monoisotopic (exact) mass is 445 g/mol.